The summed E-state index contributed by atoms with van der Waals surface area (Å²) < 4.78 is 4.22. The molecule has 0 aliphatic heterocycles. The molecule has 0 saturated heterocycles. The number of benzene rings is 1. The van der Waals surface area contributed by atoms with Crippen LogP contribution in [0.4, 0.5) is 0 Å². The van der Waals surface area contributed by atoms with Gasteiger partial charge in [0.1, 0.15) is 6.54 Å². The Hall–Kier alpha value is -2.43. The van der Waals surface area contributed by atoms with Crippen LogP contribution in [0.25, 0.3) is 0 Å². The molecule has 0 aliphatic rings. The molecule has 5 heteroatoms. The number of carbonyl (C=O) groups is 2. The van der Waals surface area contributed by atoms with E-state index in [1.807, 2.05) is 6.07 Å². The molecule has 0 bridgehead atoms. The van der Waals surface area contributed by atoms with Crippen molar-refractivity contribution in [3.05, 3.63) is 52.8 Å². The summed E-state index contributed by atoms with van der Waals surface area (Å²) in [5.74, 6) is 0.261. The molecule has 2 rings (SSSR count). The fraction of sp³-hybridized carbons (Fsp3) is 0.421. The third-order valence-corrected chi connectivity index (χ3v) is 4.00. The zero-order valence-electron chi connectivity index (χ0n) is 14.9. The zero-order valence-corrected chi connectivity index (χ0v) is 14.9. The van der Waals surface area contributed by atoms with Crippen molar-refractivity contribution >= 4 is 12.3 Å². The molecule has 0 aliphatic carbocycles. The SMILES string of the molecule is CCC[n+]1ccc(C)n1CC(=O)Cc1c(C)cccc1C.O=C[O-]. The molecule has 2 aromatic rings. The lowest BCUT2D eigenvalue weighted by Gasteiger charge is -2.09. The summed E-state index contributed by atoms with van der Waals surface area (Å²) >= 11 is 0. The lowest BCUT2D eigenvalue weighted by molar-refractivity contribution is -0.774. The second-order valence-electron chi connectivity index (χ2n) is 5.86. The fourth-order valence-electron chi connectivity index (χ4n) is 2.75. The van der Waals surface area contributed by atoms with Gasteiger partial charge >= 0.3 is 0 Å². The molecule has 0 atom stereocenters. The quantitative estimate of drug-likeness (QED) is 0.592. The number of carboxylic acid groups (broad SMARTS) is 1. The fourth-order valence-corrected chi connectivity index (χ4v) is 2.75. The number of hydrogen-bond donors (Lipinski definition) is 0. The first-order valence-corrected chi connectivity index (χ1v) is 8.12. The highest BCUT2D eigenvalue weighted by atomic mass is 16.3. The Bertz CT molecular complexity index is 670. The molecule has 1 aromatic heterocycles. The van der Waals surface area contributed by atoms with Gasteiger partial charge in [0.05, 0.1) is 5.69 Å². The molecule has 0 fully saturated rings. The number of aromatic nitrogens is 2. The molecule has 0 spiro atoms. The second-order valence-corrected chi connectivity index (χ2v) is 5.86. The third kappa shape index (κ3) is 5.33. The number of carbonyl (C=O) groups excluding carboxylic acids is 2. The summed E-state index contributed by atoms with van der Waals surface area (Å²) in [6.07, 6.45) is 3.65. The van der Waals surface area contributed by atoms with Gasteiger partial charge in [0.25, 0.3) is 0 Å². The minimum atomic E-state index is -0.500. The van der Waals surface area contributed by atoms with Crippen molar-refractivity contribution in [3.63, 3.8) is 0 Å². The Labute approximate surface area is 143 Å². The van der Waals surface area contributed by atoms with Gasteiger partial charge in [0.15, 0.2) is 18.5 Å². The molecule has 0 saturated carbocycles. The van der Waals surface area contributed by atoms with Crippen LogP contribution in [0.5, 0.6) is 0 Å². The number of aryl methyl sites for hydroxylation is 4. The van der Waals surface area contributed by atoms with Crippen LogP contribution in [-0.4, -0.2) is 16.9 Å². The summed E-state index contributed by atoms with van der Waals surface area (Å²) in [7, 11) is 0. The van der Waals surface area contributed by atoms with Gasteiger partial charge in [-0.3, -0.25) is 4.79 Å². The van der Waals surface area contributed by atoms with Crippen LogP contribution in [0, 0.1) is 20.8 Å². The van der Waals surface area contributed by atoms with Gasteiger partial charge in [-0.25, -0.2) is 0 Å². The Morgan fingerprint density at radius 2 is 1.79 bits per heavy atom. The maximum atomic E-state index is 12.5. The summed E-state index contributed by atoms with van der Waals surface area (Å²) in [6.45, 7) is 9.26. The lowest BCUT2D eigenvalue weighted by atomic mass is 9.98. The van der Waals surface area contributed by atoms with Crippen LogP contribution in [0.3, 0.4) is 0 Å². The van der Waals surface area contributed by atoms with Crippen molar-refractivity contribution in [2.24, 2.45) is 0 Å². The van der Waals surface area contributed by atoms with Crippen molar-refractivity contribution in [2.75, 3.05) is 0 Å². The average Bonchev–Trinajstić information content (AvgIpc) is 2.85. The number of nitrogens with zero attached hydrogens (tertiary/aromatic N) is 2. The monoisotopic (exact) mass is 330 g/mol. The van der Waals surface area contributed by atoms with Crippen molar-refractivity contribution < 1.29 is 19.4 Å². The number of hydrogen-bond acceptors (Lipinski definition) is 3. The van der Waals surface area contributed by atoms with Gasteiger partial charge in [0, 0.05) is 25.4 Å². The average molecular weight is 330 g/mol. The zero-order chi connectivity index (χ0) is 18.1. The maximum absolute atomic E-state index is 12.5. The van der Waals surface area contributed by atoms with Crippen LogP contribution in [0.1, 0.15) is 35.7 Å². The van der Waals surface area contributed by atoms with E-state index in [0.29, 0.717) is 13.0 Å². The molecule has 0 unspecified atom stereocenters. The molecule has 130 valence electrons. The van der Waals surface area contributed by atoms with E-state index in [0.717, 1.165) is 18.7 Å². The highest BCUT2D eigenvalue weighted by molar-refractivity contribution is 5.81. The van der Waals surface area contributed by atoms with E-state index in [-0.39, 0.29) is 5.78 Å². The van der Waals surface area contributed by atoms with Crippen molar-refractivity contribution in [3.8, 4) is 0 Å². The molecule has 0 radical (unpaired) electrons. The summed E-state index contributed by atoms with van der Waals surface area (Å²) in [4.78, 5) is 20.7. The Kier molecular flexibility index (Phi) is 7.89. The first-order valence-electron chi connectivity index (χ1n) is 8.12. The van der Waals surface area contributed by atoms with E-state index in [1.165, 1.54) is 16.7 Å². The molecule has 5 nitrogen and oxygen atoms in total. The van der Waals surface area contributed by atoms with E-state index in [9.17, 15) is 4.79 Å². The third-order valence-electron chi connectivity index (χ3n) is 4.00. The summed E-state index contributed by atoms with van der Waals surface area (Å²) in [5.41, 5.74) is 4.72. The topological polar surface area (TPSA) is 66.0 Å². The van der Waals surface area contributed by atoms with Gasteiger partial charge in [-0.1, -0.05) is 25.1 Å². The Balaban J connectivity index is 0.000000891. The molecule has 0 N–H and O–H groups in total. The highest BCUT2D eigenvalue weighted by Crippen LogP contribution is 2.14. The molecule has 1 aromatic carbocycles. The van der Waals surface area contributed by atoms with E-state index in [1.54, 1.807) is 0 Å². The maximum Gasteiger partial charge on any atom is 0.195 e. The van der Waals surface area contributed by atoms with Gasteiger partial charge in [-0.15, -0.1) is 4.68 Å². The van der Waals surface area contributed by atoms with Crippen LogP contribution in [0.2, 0.25) is 0 Å². The van der Waals surface area contributed by atoms with Gasteiger partial charge < -0.3 is 9.90 Å². The van der Waals surface area contributed by atoms with Crippen LogP contribution >= 0.6 is 0 Å². The standard InChI is InChI=1S/C18H25N2O.CH2O2/c1-5-10-19-11-9-16(4)20(19)13-17(21)12-18-14(2)7-6-8-15(18)3;2-1-3/h6-9,11H,5,10,12-13H2,1-4H3;1H,(H,2,3)/q+1;/p-1. The van der Waals surface area contributed by atoms with Crippen LogP contribution in [0.15, 0.2) is 30.5 Å². The molecule has 0 amide bonds. The Morgan fingerprint density at radius 1 is 1.21 bits per heavy atom. The number of Topliss-reactive ketones (excluding diaryl/α,β-unsaturated/α-hetero) is 1. The lowest BCUT2D eigenvalue weighted by Crippen LogP contribution is -2.44. The largest absolute Gasteiger partial charge is 0.554 e. The van der Waals surface area contributed by atoms with Crippen LogP contribution in [-0.2, 0) is 29.1 Å². The first-order chi connectivity index (χ1) is 11.4. The van der Waals surface area contributed by atoms with Gasteiger partial charge in [0.2, 0.25) is 0 Å². The predicted molar refractivity (Wildman–Crippen MR) is 90.3 cm³/mol. The first kappa shape index (κ1) is 19.6. The van der Waals surface area contributed by atoms with Crippen molar-refractivity contribution in [2.45, 2.75) is 53.6 Å². The summed E-state index contributed by atoms with van der Waals surface area (Å²) in [6, 6.07) is 8.27. The summed E-state index contributed by atoms with van der Waals surface area (Å²) in [5, 5.41) is 8.25. The minimum absolute atomic E-state index is 0.261. The molecule has 1 heterocycles. The number of rotatable bonds is 6. The smallest absolute Gasteiger partial charge is 0.195 e. The normalized spacial score (nSPS) is 10.0. The van der Waals surface area contributed by atoms with Crippen molar-refractivity contribution in [1.29, 1.82) is 0 Å². The highest BCUT2D eigenvalue weighted by Gasteiger charge is 2.16. The second kappa shape index (κ2) is 9.65. The molecular weight excluding hydrogens is 304 g/mol. The predicted octanol–water partition coefficient (Wildman–Crippen LogP) is 1.29. The van der Waals surface area contributed by atoms with Gasteiger partial charge in [-0.05, 0) is 37.5 Å². The minimum Gasteiger partial charge on any atom is -0.554 e. The number of ketones is 1. The Morgan fingerprint density at radius 3 is 2.33 bits per heavy atom. The van der Waals surface area contributed by atoms with Crippen molar-refractivity contribution in [1.82, 2.24) is 4.68 Å². The van der Waals surface area contributed by atoms with E-state index < -0.39 is 6.47 Å². The molecular formula is C19H26N2O3. The van der Waals surface area contributed by atoms with E-state index in [2.05, 4.69) is 61.5 Å². The molecule has 24 heavy (non-hydrogen) atoms. The van der Waals surface area contributed by atoms with Crippen LogP contribution < -0.4 is 9.79 Å². The van der Waals surface area contributed by atoms with Gasteiger partial charge in [-0.2, -0.15) is 4.68 Å². The van der Waals surface area contributed by atoms with E-state index in [4.69, 9.17) is 9.90 Å². The van der Waals surface area contributed by atoms with E-state index >= 15 is 0 Å².